The largest absolute Gasteiger partial charge is 0.377 e. The highest BCUT2D eigenvalue weighted by Crippen LogP contribution is 2.23. The molecule has 2 rings (SSSR count). The van der Waals surface area contributed by atoms with Gasteiger partial charge in [0.2, 0.25) is 0 Å². The Hall–Kier alpha value is -0.860. The van der Waals surface area contributed by atoms with Crippen LogP contribution in [0.1, 0.15) is 65.5 Å². The fourth-order valence-electron chi connectivity index (χ4n) is 3.86. The van der Waals surface area contributed by atoms with Gasteiger partial charge in [-0.1, -0.05) is 65.8 Å². The Balaban J connectivity index is 1.89. The van der Waals surface area contributed by atoms with Crippen molar-refractivity contribution in [2.24, 2.45) is 11.8 Å². The molecule has 0 spiro atoms. The van der Waals surface area contributed by atoms with Gasteiger partial charge in [-0.25, -0.2) is 0 Å². The van der Waals surface area contributed by atoms with Crippen LogP contribution in [0.15, 0.2) is 24.3 Å². The second kappa shape index (κ2) is 9.19. The topological polar surface area (TPSA) is 12.5 Å². The standard InChI is InChI=1S/C23H39NO/c1-18(2)15-24(17-22-8-7-13-25-22)16-19(3)14-20-9-11-21(12-10-20)23(4,5)6/h9-12,18-19,22H,7-8,13-17H2,1-6H3. The first-order chi connectivity index (χ1) is 11.7. The highest BCUT2D eigenvalue weighted by molar-refractivity contribution is 5.27. The van der Waals surface area contributed by atoms with Gasteiger partial charge in [-0.2, -0.15) is 0 Å². The van der Waals surface area contributed by atoms with Crippen molar-refractivity contribution in [3.63, 3.8) is 0 Å². The van der Waals surface area contributed by atoms with Crippen LogP contribution in [0.2, 0.25) is 0 Å². The van der Waals surface area contributed by atoms with Crippen molar-refractivity contribution in [3.8, 4) is 0 Å². The van der Waals surface area contributed by atoms with E-state index in [0.29, 0.717) is 17.9 Å². The molecule has 0 aliphatic carbocycles. The van der Waals surface area contributed by atoms with Gasteiger partial charge in [0, 0.05) is 26.2 Å². The number of nitrogens with zero attached hydrogens (tertiary/aromatic N) is 1. The third kappa shape index (κ3) is 7.11. The third-order valence-electron chi connectivity index (χ3n) is 5.08. The molecule has 1 aliphatic heterocycles. The van der Waals surface area contributed by atoms with Crippen LogP contribution >= 0.6 is 0 Å². The van der Waals surface area contributed by atoms with Gasteiger partial charge in [-0.3, -0.25) is 0 Å². The van der Waals surface area contributed by atoms with Gasteiger partial charge in [0.25, 0.3) is 0 Å². The van der Waals surface area contributed by atoms with Gasteiger partial charge in [0.15, 0.2) is 0 Å². The van der Waals surface area contributed by atoms with Gasteiger partial charge in [0.1, 0.15) is 0 Å². The summed E-state index contributed by atoms with van der Waals surface area (Å²) < 4.78 is 5.87. The summed E-state index contributed by atoms with van der Waals surface area (Å²) in [6, 6.07) is 9.26. The molecule has 1 aliphatic rings. The van der Waals surface area contributed by atoms with Gasteiger partial charge < -0.3 is 9.64 Å². The van der Waals surface area contributed by atoms with Crippen molar-refractivity contribution in [1.29, 1.82) is 0 Å². The van der Waals surface area contributed by atoms with Crippen LogP contribution in [-0.4, -0.2) is 37.2 Å². The Morgan fingerprint density at radius 1 is 1.08 bits per heavy atom. The molecule has 2 heteroatoms. The first-order valence-electron chi connectivity index (χ1n) is 10.2. The Kier molecular flexibility index (Phi) is 7.51. The van der Waals surface area contributed by atoms with Crippen LogP contribution < -0.4 is 0 Å². The number of benzene rings is 1. The second-order valence-corrected chi connectivity index (χ2v) is 9.50. The van der Waals surface area contributed by atoms with Gasteiger partial charge in [-0.05, 0) is 47.6 Å². The highest BCUT2D eigenvalue weighted by atomic mass is 16.5. The Morgan fingerprint density at radius 2 is 1.76 bits per heavy atom. The lowest BCUT2D eigenvalue weighted by Gasteiger charge is -2.29. The van der Waals surface area contributed by atoms with Crippen LogP contribution in [0.4, 0.5) is 0 Å². The van der Waals surface area contributed by atoms with Gasteiger partial charge in [-0.15, -0.1) is 0 Å². The van der Waals surface area contributed by atoms with Crippen LogP contribution in [-0.2, 0) is 16.6 Å². The molecule has 0 N–H and O–H groups in total. The fraction of sp³-hybridized carbons (Fsp3) is 0.739. The zero-order chi connectivity index (χ0) is 18.4. The molecule has 0 amide bonds. The Bertz CT molecular complexity index is 494. The van der Waals surface area contributed by atoms with Crippen LogP contribution in [0, 0.1) is 11.8 Å². The smallest absolute Gasteiger partial charge is 0.0702 e. The van der Waals surface area contributed by atoms with Gasteiger partial charge >= 0.3 is 0 Å². The van der Waals surface area contributed by atoms with Crippen molar-refractivity contribution in [3.05, 3.63) is 35.4 Å². The van der Waals surface area contributed by atoms with E-state index >= 15 is 0 Å². The van der Waals surface area contributed by atoms with E-state index in [1.165, 1.54) is 37.1 Å². The van der Waals surface area contributed by atoms with E-state index in [0.717, 1.165) is 19.6 Å². The molecule has 0 bridgehead atoms. The summed E-state index contributed by atoms with van der Waals surface area (Å²) in [7, 11) is 0. The van der Waals surface area contributed by atoms with Crippen molar-refractivity contribution in [1.82, 2.24) is 4.90 Å². The fourth-order valence-corrected chi connectivity index (χ4v) is 3.86. The van der Waals surface area contributed by atoms with Crippen molar-refractivity contribution in [2.75, 3.05) is 26.2 Å². The molecule has 1 fully saturated rings. The van der Waals surface area contributed by atoms with E-state index in [2.05, 4.69) is 70.7 Å². The molecule has 1 aromatic carbocycles. The van der Waals surface area contributed by atoms with E-state index in [9.17, 15) is 0 Å². The monoisotopic (exact) mass is 345 g/mol. The minimum Gasteiger partial charge on any atom is -0.377 e. The van der Waals surface area contributed by atoms with Crippen molar-refractivity contribution >= 4 is 0 Å². The number of ether oxygens (including phenoxy) is 1. The van der Waals surface area contributed by atoms with E-state index in [1.54, 1.807) is 0 Å². The molecule has 0 radical (unpaired) electrons. The first kappa shape index (κ1) is 20.5. The van der Waals surface area contributed by atoms with Crippen LogP contribution in [0.5, 0.6) is 0 Å². The second-order valence-electron chi connectivity index (χ2n) is 9.50. The van der Waals surface area contributed by atoms with E-state index < -0.39 is 0 Å². The molecule has 0 saturated carbocycles. The molecule has 25 heavy (non-hydrogen) atoms. The third-order valence-corrected chi connectivity index (χ3v) is 5.08. The maximum absolute atomic E-state index is 5.87. The summed E-state index contributed by atoms with van der Waals surface area (Å²) >= 11 is 0. The predicted octanol–water partition coefficient (Wildman–Crippen LogP) is 5.30. The zero-order valence-electron chi connectivity index (χ0n) is 17.3. The summed E-state index contributed by atoms with van der Waals surface area (Å²) in [5.41, 5.74) is 3.12. The number of hydrogen-bond donors (Lipinski definition) is 0. The average molecular weight is 346 g/mol. The van der Waals surface area contributed by atoms with Crippen molar-refractivity contribution in [2.45, 2.75) is 72.3 Å². The highest BCUT2D eigenvalue weighted by Gasteiger charge is 2.21. The van der Waals surface area contributed by atoms with Crippen molar-refractivity contribution < 1.29 is 4.74 Å². The molecule has 1 heterocycles. The van der Waals surface area contributed by atoms with Crippen LogP contribution in [0.25, 0.3) is 0 Å². The lowest BCUT2D eigenvalue weighted by atomic mass is 9.86. The minimum atomic E-state index is 0.236. The normalized spacial score (nSPS) is 19.8. The average Bonchev–Trinajstić information content (AvgIpc) is 2.98. The first-order valence-corrected chi connectivity index (χ1v) is 10.2. The minimum absolute atomic E-state index is 0.236. The lowest BCUT2D eigenvalue weighted by Crippen LogP contribution is -2.38. The summed E-state index contributed by atoms with van der Waals surface area (Å²) in [6.07, 6.45) is 4.08. The molecule has 1 saturated heterocycles. The maximum atomic E-state index is 5.87. The summed E-state index contributed by atoms with van der Waals surface area (Å²) in [5, 5.41) is 0. The molecule has 142 valence electrons. The molecule has 2 atom stereocenters. The number of hydrogen-bond acceptors (Lipinski definition) is 2. The lowest BCUT2D eigenvalue weighted by molar-refractivity contribution is 0.0641. The van der Waals surface area contributed by atoms with Gasteiger partial charge in [0.05, 0.1) is 6.10 Å². The molecular weight excluding hydrogens is 306 g/mol. The molecule has 0 aromatic heterocycles. The SMILES string of the molecule is CC(C)CN(CC(C)Cc1ccc(C(C)(C)C)cc1)CC1CCCO1. The van der Waals surface area contributed by atoms with E-state index in [1.807, 2.05) is 0 Å². The Morgan fingerprint density at radius 3 is 2.28 bits per heavy atom. The Labute approximate surface area is 156 Å². The number of rotatable bonds is 8. The predicted molar refractivity (Wildman–Crippen MR) is 108 cm³/mol. The van der Waals surface area contributed by atoms with E-state index in [-0.39, 0.29) is 5.41 Å². The molecule has 2 unspecified atom stereocenters. The zero-order valence-corrected chi connectivity index (χ0v) is 17.3. The summed E-state index contributed by atoms with van der Waals surface area (Å²) in [5.74, 6) is 1.38. The molecular formula is C23H39NO. The quantitative estimate of drug-likeness (QED) is 0.634. The maximum Gasteiger partial charge on any atom is 0.0702 e. The van der Waals surface area contributed by atoms with E-state index in [4.69, 9.17) is 4.74 Å². The summed E-state index contributed by atoms with van der Waals surface area (Å²) in [6.45, 7) is 18.3. The molecule has 2 nitrogen and oxygen atoms in total. The van der Waals surface area contributed by atoms with Crippen LogP contribution in [0.3, 0.4) is 0 Å². The molecule has 1 aromatic rings. The summed E-state index contributed by atoms with van der Waals surface area (Å²) in [4.78, 5) is 2.63.